The van der Waals surface area contributed by atoms with Crippen LogP contribution >= 0.6 is 0 Å². The highest BCUT2D eigenvalue weighted by Crippen LogP contribution is 2.22. The molecular weight excluding hydrogens is 392 g/mol. The lowest BCUT2D eigenvalue weighted by molar-refractivity contribution is 0.104. The monoisotopic (exact) mass is 410 g/mol. The summed E-state index contributed by atoms with van der Waals surface area (Å²) >= 11 is 0. The Morgan fingerprint density at radius 2 is 1.69 bits per heavy atom. The number of methoxy groups -OCH3 is 1. The predicted molar refractivity (Wildman–Crippen MR) is 109 cm³/mol. The Hall–Kier alpha value is -3.72. The van der Waals surface area contributed by atoms with E-state index in [0.717, 1.165) is 0 Å². The maximum absolute atomic E-state index is 12.5. The SMILES string of the molecule is COc1nccnc1NS(=O)(=O)c1ccc(N/C=C/C(=O)c2ccccc2)cc1. The fourth-order valence-corrected chi connectivity index (χ4v) is 3.38. The standard InChI is InChI=1S/C20H18N4O4S/c1-28-20-19(22-13-14-23-20)24-29(26,27)17-9-7-16(8-10-17)21-12-11-18(25)15-5-3-2-4-6-15/h2-14,21H,1H3,(H,22,24)/b12-11+. The van der Waals surface area contributed by atoms with Crippen LogP contribution in [0.2, 0.25) is 0 Å². The summed E-state index contributed by atoms with van der Waals surface area (Å²) in [5.41, 5.74) is 1.20. The highest BCUT2D eigenvalue weighted by molar-refractivity contribution is 7.92. The van der Waals surface area contributed by atoms with E-state index in [1.54, 1.807) is 36.4 Å². The molecule has 9 heteroatoms. The minimum Gasteiger partial charge on any atom is -0.478 e. The molecule has 0 radical (unpaired) electrons. The number of carbonyl (C=O) groups excluding carboxylic acids is 1. The Balaban J connectivity index is 1.66. The molecule has 148 valence electrons. The van der Waals surface area contributed by atoms with Crippen molar-refractivity contribution >= 4 is 27.3 Å². The molecular formula is C20H18N4O4S. The quantitative estimate of drug-likeness (QED) is 0.434. The van der Waals surface area contributed by atoms with Crippen LogP contribution in [0.1, 0.15) is 10.4 Å². The van der Waals surface area contributed by atoms with Gasteiger partial charge in [-0.05, 0) is 24.3 Å². The average Bonchev–Trinajstić information content (AvgIpc) is 2.75. The molecule has 0 saturated heterocycles. The second-order valence-electron chi connectivity index (χ2n) is 5.75. The largest absolute Gasteiger partial charge is 0.478 e. The van der Waals surface area contributed by atoms with Gasteiger partial charge in [0.15, 0.2) is 5.78 Å². The first kappa shape index (κ1) is 20.0. The number of ketones is 1. The van der Waals surface area contributed by atoms with Gasteiger partial charge in [-0.3, -0.25) is 9.52 Å². The number of sulfonamides is 1. The number of hydrogen-bond acceptors (Lipinski definition) is 7. The molecule has 3 aromatic rings. The molecule has 0 amide bonds. The van der Waals surface area contributed by atoms with E-state index in [-0.39, 0.29) is 22.4 Å². The summed E-state index contributed by atoms with van der Waals surface area (Å²) in [5.74, 6) is -0.0680. The van der Waals surface area contributed by atoms with Gasteiger partial charge in [0.25, 0.3) is 15.9 Å². The number of hydrogen-bond donors (Lipinski definition) is 2. The Labute approximate surface area is 168 Å². The predicted octanol–water partition coefficient (Wildman–Crippen LogP) is 3.09. The summed E-state index contributed by atoms with van der Waals surface area (Å²) in [6, 6.07) is 14.9. The van der Waals surface area contributed by atoms with Gasteiger partial charge in [0.05, 0.1) is 12.0 Å². The summed E-state index contributed by atoms with van der Waals surface area (Å²) in [6.07, 6.45) is 5.66. The number of aromatic nitrogens is 2. The maximum atomic E-state index is 12.5. The molecule has 0 spiro atoms. The van der Waals surface area contributed by atoms with Crippen LogP contribution in [0.4, 0.5) is 11.5 Å². The fourth-order valence-electron chi connectivity index (χ4n) is 2.37. The van der Waals surface area contributed by atoms with E-state index < -0.39 is 10.0 Å². The fraction of sp³-hybridized carbons (Fsp3) is 0.0500. The van der Waals surface area contributed by atoms with Crippen molar-refractivity contribution in [2.75, 3.05) is 17.1 Å². The van der Waals surface area contributed by atoms with Crippen molar-refractivity contribution in [1.82, 2.24) is 9.97 Å². The van der Waals surface area contributed by atoms with E-state index in [1.165, 1.54) is 43.9 Å². The lowest BCUT2D eigenvalue weighted by Gasteiger charge is -2.10. The third-order valence-corrected chi connectivity index (χ3v) is 5.15. The Morgan fingerprint density at radius 3 is 2.38 bits per heavy atom. The molecule has 2 N–H and O–H groups in total. The van der Waals surface area contributed by atoms with Gasteiger partial charge in [-0.1, -0.05) is 30.3 Å². The summed E-state index contributed by atoms with van der Waals surface area (Å²) in [4.78, 5) is 19.9. The van der Waals surface area contributed by atoms with E-state index in [4.69, 9.17) is 4.74 Å². The van der Waals surface area contributed by atoms with Gasteiger partial charge in [-0.2, -0.15) is 0 Å². The first-order valence-electron chi connectivity index (χ1n) is 8.50. The van der Waals surface area contributed by atoms with Crippen molar-refractivity contribution in [2.45, 2.75) is 4.90 Å². The van der Waals surface area contributed by atoms with Crippen molar-refractivity contribution < 1.29 is 17.9 Å². The third-order valence-electron chi connectivity index (χ3n) is 3.80. The molecule has 0 atom stereocenters. The van der Waals surface area contributed by atoms with Crippen LogP contribution in [-0.4, -0.2) is 31.3 Å². The number of benzene rings is 2. The Kier molecular flexibility index (Phi) is 6.20. The number of rotatable bonds is 8. The van der Waals surface area contributed by atoms with E-state index >= 15 is 0 Å². The van der Waals surface area contributed by atoms with Crippen molar-refractivity contribution in [3.63, 3.8) is 0 Å². The molecule has 8 nitrogen and oxygen atoms in total. The van der Waals surface area contributed by atoms with Crippen molar-refractivity contribution in [2.24, 2.45) is 0 Å². The topological polar surface area (TPSA) is 110 Å². The van der Waals surface area contributed by atoms with Crippen LogP contribution in [0.15, 0.2) is 84.2 Å². The molecule has 0 unspecified atom stereocenters. The second-order valence-corrected chi connectivity index (χ2v) is 7.43. The Morgan fingerprint density at radius 1 is 1.00 bits per heavy atom. The molecule has 0 bridgehead atoms. The van der Waals surface area contributed by atoms with Crippen LogP contribution in [0.3, 0.4) is 0 Å². The highest BCUT2D eigenvalue weighted by Gasteiger charge is 2.17. The maximum Gasteiger partial charge on any atom is 0.263 e. The molecule has 3 rings (SSSR count). The van der Waals surface area contributed by atoms with Crippen molar-refractivity contribution in [3.05, 3.63) is 84.8 Å². The van der Waals surface area contributed by atoms with E-state index in [1.807, 2.05) is 6.07 Å². The molecule has 1 aromatic heterocycles. The number of nitrogens with one attached hydrogen (secondary N) is 2. The van der Waals surface area contributed by atoms with Gasteiger partial charge in [0, 0.05) is 35.9 Å². The van der Waals surface area contributed by atoms with Crippen molar-refractivity contribution in [1.29, 1.82) is 0 Å². The Bertz CT molecular complexity index is 1110. The number of ether oxygens (including phenoxy) is 1. The minimum atomic E-state index is -3.87. The van der Waals surface area contributed by atoms with Gasteiger partial charge in [-0.25, -0.2) is 18.4 Å². The zero-order valence-corrected chi connectivity index (χ0v) is 16.3. The van der Waals surface area contributed by atoms with Gasteiger partial charge in [0.1, 0.15) is 0 Å². The molecule has 1 heterocycles. The van der Waals surface area contributed by atoms with E-state index in [9.17, 15) is 13.2 Å². The zero-order chi connectivity index (χ0) is 20.7. The van der Waals surface area contributed by atoms with E-state index in [0.29, 0.717) is 11.3 Å². The lowest BCUT2D eigenvalue weighted by atomic mass is 10.1. The average molecular weight is 410 g/mol. The normalized spacial score (nSPS) is 11.2. The molecule has 0 aliphatic carbocycles. The van der Waals surface area contributed by atoms with Crippen molar-refractivity contribution in [3.8, 4) is 5.88 Å². The number of nitrogens with zero attached hydrogens (tertiary/aromatic N) is 2. The minimum absolute atomic E-state index is 0.000408. The van der Waals surface area contributed by atoms with Gasteiger partial charge < -0.3 is 10.1 Å². The number of carbonyl (C=O) groups is 1. The van der Waals surface area contributed by atoms with Crippen LogP contribution in [0.25, 0.3) is 0 Å². The van der Waals surface area contributed by atoms with Gasteiger partial charge in [-0.15, -0.1) is 0 Å². The first-order chi connectivity index (χ1) is 14.0. The molecule has 0 aliphatic rings. The van der Waals surface area contributed by atoms with E-state index in [2.05, 4.69) is 20.0 Å². The summed E-state index contributed by atoms with van der Waals surface area (Å²) < 4.78 is 32.4. The summed E-state index contributed by atoms with van der Waals surface area (Å²) in [5, 5.41) is 2.93. The molecule has 0 saturated carbocycles. The van der Waals surface area contributed by atoms with Crippen LogP contribution in [0.5, 0.6) is 5.88 Å². The lowest BCUT2D eigenvalue weighted by Crippen LogP contribution is -2.15. The molecule has 0 fully saturated rings. The zero-order valence-electron chi connectivity index (χ0n) is 15.4. The van der Waals surface area contributed by atoms with Gasteiger partial charge in [0.2, 0.25) is 5.82 Å². The molecule has 29 heavy (non-hydrogen) atoms. The summed E-state index contributed by atoms with van der Waals surface area (Å²) in [7, 11) is -2.49. The van der Waals surface area contributed by atoms with Crippen LogP contribution in [0, 0.1) is 0 Å². The number of allylic oxidation sites excluding steroid dienone is 1. The second kappa shape index (κ2) is 8.98. The first-order valence-corrected chi connectivity index (χ1v) is 9.98. The molecule has 2 aromatic carbocycles. The number of anilines is 2. The molecule has 0 aliphatic heterocycles. The van der Waals surface area contributed by atoms with Gasteiger partial charge >= 0.3 is 0 Å². The van der Waals surface area contributed by atoms with Crippen LogP contribution in [-0.2, 0) is 10.0 Å². The van der Waals surface area contributed by atoms with Crippen LogP contribution < -0.4 is 14.8 Å². The smallest absolute Gasteiger partial charge is 0.263 e. The summed E-state index contributed by atoms with van der Waals surface area (Å²) in [6.45, 7) is 0. The highest BCUT2D eigenvalue weighted by atomic mass is 32.2. The third kappa shape index (κ3) is 5.17.